The van der Waals surface area contributed by atoms with Gasteiger partial charge in [-0.05, 0) is 17.5 Å². The summed E-state index contributed by atoms with van der Waals surface area (Å²) in [7, 11) is 0. The van der Waals surface area contributed by atoms with Gasteiger partial charge in [0.1, 0.15) is 0 Å². The third-order valence-corrected chi connectivity index (χ3v) is 2.43. The molecule has 0 saturated carbocycles. The van der Waals surface area contributed by atoms with E-state index in [-0.39, 0.29) is 0 Å². The lowest BCUT2D eigenvalue weighted by molar-refractivity contribution is 0.775. The molecule has 2 heterocycles. The van der Waals surface area contributed by atoms with Gasteiger partial charge < -0.3 is 0 Å². The fourth-order valence-electron chi connectivity index (χ4n) is 1.25. The van der Waals surface area contributed by atoms with Crippen molar-refractivity contribution in [3.63, 3.8) is 0 Å². The van der Waals surface area contributed by atoms with Crippen LogP contribution in [0.3, 0.4) is 0 Å². The first-order valence-corrected chi connectivity index (χ1v) is 5.08. The van der Waals surface area contributed by atoms with Gasteiger partial charge in [-0.15, -0.1) is 5.10 Å². The van der Waals surface area contributed by atoms with E-state index < -0.39 is 0 Å². The van der Waals surface area contributed by atoms with E-state index in [9.17, 15) is 0 Å². The van der Waals surface area contributed by atoms with Crippen LogP contribution in [0.25, 0.3) is 5.82 Å². The van der Waals surface area contributed by atoms with Gasteiger partial charge in [0.25, 0.3) is 0 Å². The van der Waals surface area contributed by atoms with Crippen LogP contribution in [0.5, 0.6) is 0 Å². The number of halogens is 1. The van der Waals surface area contributed by atoms with E-state index in [0.717, 1.165) is 5.56 Å². The second kappa shape index (κ2) is 3.98. The molecule has 0 unspecified atom stereocenters. The van der Waals surface area contributed by atoms with Crippen LogP contribution in [-0.2, 0) is 0 Å². The molecule has 2 aromatic rings. The third-order valence-electron chi connectivity index (χ3n) is 2.15. The highest BCUT2D eigenvalue weighted by atomic mass is 35.5. The number of aromatic nitrogens is 4. The summed E-state index contributed by atoms with van der Waals surface area (Å²) in [6, 6.07) is 1.91. The summed E-state index contributed by atoms with van der Waals surface area (Å²) in [6.45, 7) is 4.20. The molecule has 0 radical (unpaired) electrons. The molecule has 0 aliphatic heterocycles. The number of pyridine rings is 1. The molecule has 0 aliphatic rings. The van der Waals surface area contributed by atoms with E-state index in [1.54, 1.807) is 17.1 Å². The van der Waals surface area contributed by atoms with Crippen LogP contribution >= 0.6 is 11.6 Å². The molecule has 2 rings (SSSR count). The van der Waals surface area contributed by atoms with E-state index in [0.29, 0.717) is 16.8 Å². The molecular formula is C10H11ClN4. The molecule has 0 N–H and O–H groups in total. The van der Waals surface area contributed by atoms with E-state index in [4.69, 9.17) is 11.6 Å². The van der Waals surface area contributed by atoms with Crippen LogP contribution < -0.4 is 0 Å². The maximum Gasteiger partial charge on any atom is 0.173 e. The second-order valence-electron chi connectivity index (χ2n) is 3.58. The molecule has 0 amide bonds. The van der Waals surface area contributed by atoms with Gasteiger partial charge in [-0.25, -0.2) is 9.67 Å². The zero-order valence-electron chi connectivity index (χ0n) is 8.55. The van der Waals surface area contributed by atoms with Crippen molar-refractivity contribution in [1.29, 1.82) is 0 Å². The van der Waals surface area contributed by atoms with Gasteiger partial charge in [0.2, 0.25) is 0 Å². The van der Waals surface area contributed by atoms with Crippen molar-refractivity contribution in [3.05, 3.63) is 35.2 Å². The van der Waals surface area contributed by atoms with Gasteiger partial charge in [0, 0.05) is 6.20 Å². The van der Waals surface area contributed by atoms with Crippen molar-refractivity contribution in [2.45, 2.75) is 19.8 Å². The molecule has 0 bridgehead atoms. The monoisotopic (exact) mass is 222 g/mol. The molecule has 0 spiro atoms. The highest BCUT2D eigenvalue weighted by Crippen LogP contribution is 2.22. The van der Waals surface area contributed by atoms with E-state index in [1.807, 2.05) is 12.3 Å². The van der Waals surface area contributed by atoms with Crippen molar-refractivity contribution in [1.82, 2.24) is 20.0 Å². The van der Waals surface area contributed by atoms with Crippen LogP contribution in [-0.4, -0.2) is 20.0 Å². The normalized spacial score (nSPS) is 10.9. The van der Waals surface area contributed by atoms with Gasteiger partial charge >= 0.3 is 0 Å². The Morgan fingerprint density at radius 1 is 1.40 bits per heavy atom. The molecule has 0 aromatic carbocycles. The smallest absolute Gasteiger partial charge is 0.173 e. The fourth-order valence-corrected chi connectivity index (χ4v) is 1.51. The maximum atomic E-state index is 6.11. The highest BCUT2D eigenvalue weighted by Gasteiger charge is 2.08. The van der Waals surface area contributed by atoms with E-state index in [1.165, 1.54) is 0 Å². The van der Waals surface area contributed by atoms with Gasteiger partial charge in [-0.2, -0.15) is 0 Å². The molecule has 15 heavy (non-hydrogen) atoms. The summed E-state index contributed by atoms with van der Waals surface area (Å²) in [5.74, 6) is 1.03. The first-order chi connectivity index (χ1) is 7.18. The molecular weight excluding hydrogens is 212 g/mol. The molecule has 4 nitrogen and oxygen atoms in total. The Labute approximate surface area is 92.9 Å². The number of nitrogens with zero attached hydrogens (tertiary/aromatic N) is 4. The largest absolute Gasteiger partial charge is 0.235 e. The van der Waals surface area contributed by atoms with Gasteiger partial charge in [0.05, 0.1) is 17.4 Å². The van der Waals surface area contributed by atoms with Gasteiger partial charge in [0.15, 0.2) is 5.82 Å². The predicted octanol–water partition coefficient (Wildman–Crippen LogP) is 2.44. The molecule has 0 fully saturated rings. The molecule has 78 valence electrons. The van der Waals surface area contributed by atoms with Crippen LogP contribution in [0.15, 0.2) is 24.7 Å². The van der Waals surface area contributed by atoms with E-state index in [2.05, 4.69) is 29.1 Å². The molecule has 0 aliphatic carbocycles. The summed E-state index contributed by atoms with van der Waals surface area (Å²) in [4.78, 5) is 4.27. The van der Waals surface area contributed by atoms with Crippen molar-refractivity contribution >= 4 is 11.6 Å². The van der Waals surface area contributed by atoms with Crippen molar-refractivity contribution in [2.24, 2.45) is 0 Å². The summed E-state index contributed by atoms with van der Waals surface area (Å²) in [5.41, 5.74) is 1.11. The summed E-state index contributed by atoms with van der Waals surface area (Å²) in [5, 5.41) is 8.14. The third kappa shape index (κ3) is 1.99. The second-order valence-corrected chi connectivity index (χ2v) is 3.98. The van der Waals surface area contributed by atoms with E-state index >= 15 is 0 Å². The lowest BCUT2D eigenvalue weighted by atomic mass is 10.1. The van der Waals surface area contributed by atoms with Crippen LogP contribution in [0.1, 0.15) is 25.3 Å². The summed E-state index contributed by atoms with van der Waals surface area (Å²) in [6.07, 6.45) is 5.12. The fraction of sp³-hybridized carbons (Fsp3) is 0.300. The van der Waals surface area contributed by atoms with Crippen LogP contribution in [0.4, 0.5) is 0 Å². The summed E-state index contributed by atoms with van der Waals surface area (Å²) < 4.78 is 1.55. The Hall–Kier alpha value is -1.42. The minimum atomic E-state index is 0.416. The lowest BCUT2D eigenvalue weighted by Crippen LogP contribution is -2.01. The quantitative estimate of drug-likeness (QED) is 0.784. The van der Waals surface area contributed by atoms with Crippen molar-refractivity contribution in [3.8, 4) is 5.82 Å². The Morgan fingerprint density at radius 3 is 2.73 bits per heavy atom. The molecule has 0 saturated heterocycles. The Balaban J connectivity index is 2.44. The molecule has 5 heteroatoms. The standard InChI is InChI=1S/C10H11ClN4/c1-7(2)8-5-9(11)10(12-6-8)15-4-3-13-14-15/h3-7H,1-2H3. The maximum absolute atomic E-state index is 6.11. The minimum Gasteiger partial charge on any atom is -0.235 e. The van der Waals surface area contributed by atoms with Crippen molar-refractivity contribution < 1.29 is 0 Å². The Kier molecular flexibility index (Phi) is 2.68. The number of rotatable bonds is 2. The van der Waals surface area contributed by atoms with Crippen LogP contribution in [0.2, 0.25) is 5.02 Å². The molecule has 0 atom stereocenters. The van der Waals surface area contributed by atoms with Crippen molar-refractivity contribution in [2.75, 3.05) is 0 Å². The average molecular weight is 223 g/mol. The van der Waals surface area contributed by atoms with Crippen LogP contribution in [0, 0.1) is 0 Å². The first-order valence-electron chi connectivity index (χ1n) is 4.70. The average Bonchev–Trinajstić information content (AvgIpc) is 2.70. The number of hydrogen-bond acceptors (Lipinski definition) is 3. The van der Waals surface area contributed by atoms with Gasteiger partial charge in [-0.1, -0.05) is 30.7 Å². The SMILES string of the molecule is CC(C)c1cnc(-n2ccnn2)c(Cl)c1. The number of hydrogen-bond donors (Lipinski definition) is 0. The topological polar surface area (TPSA) is 43.6 Å². The molecule has 2 aromatic heterocycles. The predicted molar refractivity (Wildman–Crippen MR) is 58.3 cm³/mol. The van der Waals surface area contributed by atoms with Gasteiger partial charge in [-0.3, -0.25) is 0 Å². The lowest BCUT2D eigenvalue weighted by Gasteiger charge is -2.07. The minimum absolute atomic E-state index is 0.416. The zero-order chi connectivity index (χ0) is 10.8. The Morgan fingerprint density at radius 2 is 2.20 bits per heavy atom. The highest BCUT2D eigenvalue weighted by molar-refractivity contribution is 6.32. The Bertz CT molecular complexity index is 450. The summed E-state index contributed by atoms with van der Waals surface area (Å²) >= 11 is 6.11. The first kappa shape index (κ1) is 10.1. The zero-order valence-corrected chi connectivity index (χ0v) is 9.31.